The van der Waals surface area contributed by atoms with Crippen LogP contribution in [0, 0.1) is 23.1 Å². The molecular weight excluding hydrogens is 316 g/mol. The molecule has 124 valence electrons. The number of likely N-dealkylation sites (tertiary alicyclic amines) is 1. The lowest BCUT2D eigenvalue weighted by Gasteiger charge is -2.13. The summed E-state index contributed by atoms with van der Waals surface area (Å²) in [5.41, 5.74) is 0.00383. The molecule has 1 aromatic heterocycles. The summed E-state index contributed by atoms with van der Waals surface area (Å²) in [6.07, 6.45) is 5.48. The molecule has 0 radical (unpaired) electrons. The quantitative estimate of drug-likeness (QED) is 0.868. The van der Waals surface area contributed by atoms with Crippen LogP contribution in [-0.4, -0.2) is 39.7 Å². The van der Waals surface area contributed by atoms with E-state index < -0.39 is 17.5 Å². The SMILES string of the molecule is Cn1cc(-c2c(F)cc(C(=O)N[C@@H]3CCN(C#N)C3)cc2F)cn1. The molecule has 2 aromatic rings. The average molecular weight is 331 g/mol. The van der Waals surface area contributed by atoms with E-state index in [4.69, 9.17) is 5.26 Å². The third-order valence-corrected chi connectivity index (χ3v) is 3.96. The molecule has 8 heteroatoms. The van der Waals surface area contributed by atoms with Crippen LogP contribution in [0.2, 0.25) is 0 Å². The molecule has 24 heavy (non-hydrogen) atoms. The van der Waals surface area contributed by atoms with Crippen LogP contribution in [-0.2, 0) is 7.05 Å². The van der Waals surface area contributed by atoms with Crippen molar-refractivity contribution >= 4 is 5.91 Å². The molecule has 1 saturated heterocycles. The van der Waals surface area contributed by atoms with Gasteiger partial charge in [0.1, 0.15) is 11.6 Å². The molecule has 0 unspecified atom stereocenters. The van der Waals surface area contributed by atoms with Crippen molar-refractivity contribution in [3.8, 4) is 17.3 Å². The molecule has 1 aliphatic rings. The molecular formula is C16H15F2N5O. The van der Waals surface area contributed by atoms with Gasteiger partial charge in [-0.25, -0.2) is 8.78 Å². The normalized spacial score (nSPS) is 16.9. The van der Waals surface area contributed by atoms with Gasteiger partial charge in [0.15, 0.2) is 6.19 Å². The Balaban J connectivity index is 1.80. The van der Waals surface area contributed by atoms with Gasteiger partial charge < -0.3 is 10.2 Å². The second kappa shape index (κ2) is 6.28. The zero-order chi connectivity index (χ0) is 17.3. The number of nitriles is 1. The third-order valence-electron chi connectivity index (χ3n) is 3.96. The van der Waals surface area contributed by atoms with Crippen LogP contribution in [0.5, 0.6) is 0 Å². The van der Waals surface area contributed by atoms with Crippen molar-refractivity contribution in [1.82, 2.24) is 20.0 Å². The minimum atomic E-state index is -0.821. The lowest BCUT2D eigenvalue weighted by molar-refractivity contribution is 0.0938. The smallest absolute Gasteiger partial charge is 0.251 e. The molecule has 0 aliphatic carbocycles. The second-order valence-corrected chi connectivity index (χ2v) is 5.72. The average Bonchev–Trinajstić information content (AvgIpc) is 3.15. The van der Waals surface area contributed by atoms with E-state index in [-0.39, 0.29) is 17.2 Å². The first-order valence-corrected chi connectivity index (χ1v) is 7.41. The minimum absolute atomic E-state index is 0.0898. The number of aryl methyl sites for hydroxylation is 1. The fourth-order valence-corrected chi connectivity index (χ4v) is 2.77. The van der Waals surface area contributed by atoms with Crippen LogP contribution in [0.4, 0.5) is 8.78 Å². The summed E-state index contributed by atoms with van der Waals surface area (Å²) in [7, 11) is 1.65. The Morgan fingerprint density at radius 3 is 2.67 bits per heavy atom. The number of aromatic nitrogens is 2. The van der Waals surface area contributed by atoms with Crippen molar-refractivity contribution < 1.29 is 13.6 Å². The van der Waals surface area contributed by atoms with Crippen molar-refractivity contribution in [3.05, 3.63) is 41.7 Å². The lowest BCUT2D eigenvalue weighted by Crippen LogP contribution is -2.36. The predicted molar refractivity (Wildman–Crippen MR) is 81.6 cm³/mol. The van der Waals surface area contributed by atoms with Crippen LogP contribution in [0.15, 0.2) is 24.5 Å². The summed E-state index contributed by atoms with van der Waals surface area (Å²) in [5, 5.41) is 15.4. The van der Waals surface area contributed by atoms with E-state index >= 15 is 0 Å². The number of nitrogens with one attached hydrogen (secondary N) is 1. The van der Waals surface area contributed by atoms with Gasteiger partial charge in [0.25, 0.3) is 5.91 Å². The molecule has 0 bridgehead atoms. The van der Waals surface area contributed by atoms with Crippen molar-refractivity contribution in [1.29, 1.82) is 5.26 Å². The molecule has 1 N–H and O–H groups in total. The summed E-state index contributed by atoms with van der Waals surface area (Å²) in [6, 6.07) is 1.82. The van der Waals surface area contributed by atoms with E-state index in [0.717, 1.165) is 12.1 Å². The number of carbonyl (C=O) groups excluding carboxylic acids is 1. The van der Waals surface area contributed by atoms with Gasteiger partial charge in [0.2, 0.25) is 0 Å². The molecule has 1 fully saturated rings. The molecule has 6 nitrogen and oxygen atoms in total. The molecule has 2 heterocycles. The Kier molecular flexibility index (Phi) is 4.16. The molecule has 1 aromatic carbocycles. The summed E-state index contributed by atoms with van der Waals surface area (Å²) < 4.78 is 30.0. The van der Waals surface area contributed by atoms with Gasteiger partial charge in [0, 0.05) is 43.5 Å². The molecule has 1 aliphatic heterocycles. The minimum Gasteiger partial charge on any atom is -0.347 e. The van der Waals surface area contributed by atoms with E-state index in [9.17, 15) is 13.6 Å². The molecule has 1 atom stereocenters. The number of amides is 1. The topological polar surface area (TPSA) is 74.0 Å². The van der Waals surface area contributed by atoms with Gasteiger partial charge in [-0.2, -0.15) is 10.4 Å². The number of nitrogens with zero attached hydrogens (tertiary/aromatic N) is 4. The van der Waals surface area contributed by atoms with E-state index in [0.29, 0.717) is 25.1 Å². The Morgan fingerprint density at radius 2 is 2.12 bits per heavy atom. The number of hydrogen-bond donors (Lipinski definition) is 1. The fourth-order valence-electron chi connectivity index (χ4n) is 2.77. The maximum atomic E-state index is 14.3. The van der Waals surface area contributed by atoms with E-state index in [1.165, 1.54) is 22.0 Å². The predicted octanol–water partition coefficient (Wildman–Crippen LogP) is 1.65. The van der Waals surface area contributed by atoms with Crippen LogP contribution < -0.4 is 5.32 Å². The second-order valence-electron chi connectivity index (χ2n) is 5.72. The maximum Gasteiger partial charge on any atom is 0.251 e. The molecule has 3 rings (SSSR count). The van der Waals surface area contributed by atoms with Gasteiger partial charge in [-0.15, -0.1) is 0 Å². The number of halogens is 2. The first-order valence-electron chi connectivity index (χ1n) is 7.41. The maximum absolute atomic E-state index is 14.3. The van der Waals surface area contributed by atoms with E-state index in [1.807, 2.05) is 6.19 Å². The van der Waals surface area contributed by atoms with E-state index in [2.05, 4.69) is 10.4 Å². The number of benzene rings is 1. The summed E-state index contributed by atoms with van der Waals surface area (Å²) >= 11 is 0. The van der Waals surface area contributed by atoms with Gasteiger partial charge in [-0.05, 0) is 18.6 Å². The van der Waals surface area contributed by atoms with Crippen molar-refractivity contribution in [3.63, 3.8) is 0 Å². The van der Waals surface area contributed by atoms with Gasteiger partial charge in [-0.1, -0.05) is 0 Å². The van der Waals surface area contributed by atoms with Crippen LogP contribution in [0.1, 0.15) is 16.8 Å². The standard InChI is InChI=1S/C16H15F2N5O/c1-22-7-11(6-20-22)15-13(17)4-10(5-14(15)18)16(24)21-12-2-3-23(8-12)9-19/h4-7,12H,2-3,8H2,1H3,(H,21,24)/t12-/m1/s1. The molecule has 1 amide bonds. The Morgan fingerprint density at radius 1 is 1.42 bits per heavy atom. The van der Waals surface area contributed by atoms with Crippen molar-refractivity contribution in [2.24, 2.45) is 7.05 Å². The largest absolute Gasteiger partial charge is 0.347 e. The lowest BCUT2D eigenvalue weighted by atomic mass is 10.0. The Labute approximate surface area is 137 Å². The Bertz CT molecular complexity index is 803. The zero-order valence-electron chi connectivity index (χ0n) is 13.0. The Hall–Kier alpha value is -2.95. The number of rotatable bonds is 3. The van der Waals surface area contributed by atoms with Crippen LogP contribution >= 0.6 is 0 Å². The highest BCUT2D eigenvalue weighted by Gasteiger charge is 2.24. The van der Waals surface area contributed by atoms with Crippen molar-refractivity contribution in [2.75, 3.05) is 13.1 Å². The third kappa shape index (κ3) is 3.06. The van der Waals surface area contributed by atoms with Crippen LogP contribution in [0.25, 0.3) is 11.1 Å². The molecule has 0 saturated carbocycles. The first kappa shape index (κ1) is 15.9. The summed E-state index contributed by atoms with van der Waals surface area (Å²) in [6.45, 7) is 0.963. The first-order chi connectivity index (χ1) is 11.5. The van der Waals surface area contributed by atoms with Gasteiger partial charge >= 0.3 is 0 Å². The van der Waals surface area contributed by atoms with E-state index in [1.54, 1.807) is 7.05 Å². The zero-order valence-corrected chi connectivity index (χ0v) is 13.0. The molecule has 0 spiro atoms. The summed E-state index contributed by atoms with van der Waals surface area (Å²) in [4.78, 5) is 13.7. The fraction of sp³-hybridized carbons (Fsp3) is 0.312. The van der Waals surface area contributed by atoms with Gasteiger partial charge in [-0.3, -0.25) is 9.48 Å². The highest BCUT2D eigenvalue weighted by Crippen LogP contribution is 2.27. The number of carbonyl (C=O) groups is 1. The highest BCUT2D eigenvalue weighted by molar-refractivity contribution is 5.95. The highest BCUT2D eigenvalue weighted by atomic mass is 19.1. The summed E-state index contributed by atoms with van der Waals surface area (Å²) in [5.74, 6) is -2.20. The van der Waals surface area contributed by atoms with Gasteiger partial charge in [0.05, 0.1) is 11.8 Å². The van der Waals surface area contributed by atoms with Crippen molar-refractivity contribution in [2.45, 2.75) is 12.5 Å². The number of hydrogen-bond acceptors (Lipinski definition) is 4. The van der Waals surface area contributed by atoms with Crippen LogP contribution in [0.3, 0.4) is 0 Å². The monoisotopic (exact) mass is 331 g/mol.